The molecule has 1 heterocycles. The van der Waals surface area contributed by atoms with Crippen LogP contribution in [0.3, 0.4) is 0 Å². The highest BCUT2D eigenvalue weighted by atomic mass is 32.2. The Morgan fingerprint density at radius 2 is 2.04 bits per heavy atom. The lowest BCUT2D eigenvalue weighted by Gasteiger charge is -2.28. The third-order valence-corrected chi connectivity index (χ3v) is 4.86. The summed E-state index contributed by atoms with van der Waals surface area (Å²) in [6.45, 7) is 2.06. The SMILES string of the molecule is CCOC(=O)CNC=C1C(=O)c2cc(SC)ccc2OC1c1ccccc1. The summed E-state index contributed by atoms with van der Waals surface area (Å²) in [6, 6.07) is 15.2. The molecule has 6 heteroatoms. The Labute approximate surface area is 162 Å². The van der Waals surface area contributed by atoms with Crippen molar-refractivity contribution >= 4 is 23.5 Å². The fourth-order valence-electron chi connectivity index (χ4n) is 2.85. The van der Waals surface area contributed by atoms with Crippen LogP contribution in [0.1, 0.15) is 28.9 Å². The highest BCUT2D eigenvalue weighted by molar-refractivity contribution is 7.98. The second-order valence-electron chi connectivity index (χ2n) is 5.89. The molecule has 1 unspecified atom stereocenters. The monoisotopic (exact) mass is 383 g/mol. The summed E-state index contributed by atoms with van der Waals surface area (Å²) in [5, 5.41) is 2.89. The number of hydrogen-bond donors (Lipinski definition) is 1. The number of hydrogen-bond acceptors (Lipinski definition) is 6. The van der Waals surface area contributed by atoms with E-state index in [1.54, 1.807) is 24.9 Å². The van der Waals surface area contributed by atoms with E-state index in [2.05, 4.69) is 5.32 Å². The van der Waals surface area contributed by atoms with E-state index in [1.165, 1.54) is 0 Å². The summed E-state index contributed by atoms with van der Waals surface area (Å²) < 4.78 is 11.1. The van der Waals surface area contributed by atoms with Crippen LogP contribution >= 0.6 is 11.8 Å². The fourth-order valence-corrected chi connectivity index (χ4v) is 3.29. The van der Waals surface area contributed by atoms with Crippen LogP contribution in [-0.2, 0) is 9.53 Å². The highest BCUT2D eigenvalue weighted by Crippen LogP contribution is 2.39. The number of thioether (sulfide) groups is 1. The van der Waals surface area contributed by atoms with Crippen LogP contribution in [0.25, 0.3) is 0 Å². The molecule has 1 atom stereocenters. The number of Topliss-reactive ketones (excluding diaryl/α,β-unsaturated/α-hetero) is 1. The van der Waals surface area contributed by atoms with Crippen LogP contribution in [0.5, 0.6) is 5.75 Å². The first kappa shape index (κ1) is 19.0. The molecule has 1 aliphatic heterocycles. The predicted molar refractivity (Wildman–Crippen MR) is 105 cm³/mol. The first-order chi connectivity index (χ1) is 13.1. The van der Waals surface area contributed by atoms with Gasteiger partial charge in [0.25, 0.3) is 0 Å². The molecule has 5 nitrogen and oxygen atoms in total. The summed E-state index contributed by atoms with van der Waals surface area (Å²) in [4.78, 5) is 25.7. The summed E-state index contributed by atoms with van der Waals surface area (Å²) in [5.74, 6) is 0.0754. The molecule has 0 amide bonds. The largest absolute Gasteiger partial charge is 0.480 e. The molecule has 1 aliphatic rings. The van der Waals surface area contributed by atoms with Gasteiger partial charge in [-0.05, 0) is 36.9 Å². The van der Waals surface area contributed by atoms with Gasteiger partial charge in [-0.25, -0.2) is 0 Å². The summed E-state index contributed by atoms with van der Waals surface area (Å²) in [5.41, 5.74) is 1.85. The number of benzene rings is 2. The molecule has 0 aromatic heterocycles. The van der Waals surface area contributed by atoms with Crippen molar-refractivity contribution in [1.82, 2.24) is 5.32 Å². The number of ether oxygens (including phenoxy) is 2. The predicted octanol–water partition coefficient (Wildman–Crippen LogP) is 3.76. The smallest absolute Gasteiger partial charge is 0.325 e. The van der Waals surface area contributed by atoms with Crippen molar-refractivity contribution in [2.75, 3.05) is 19.4 Å². The standard InChI is InChI=1S/C21H21NO4S/c1-3-25-19(23)13-22-12-17-20(24)16-11-15(27-2)9-10-18(16)26-21(17)14-7-5-4-6-8-14/h4-12,21-22H,3,13H2,1-2H3. The van der Waals surface area contributed by atoms with Gasteiger partial charge >= 0.3 is 5.97 Å². The topological polar surface area (TPSA) is 64.6 Å². The average Bonchev–Trinajstić information content (AvgIpc) is 2.70. The number of carbonyl (C=O) groups is 2. The minimum Gasteiger partial charge on any atom is -0.480 e. The van der Waals surface area contributed by atoms with Gasteiger partial charge in [-0.2, -0.15) is 0 Å². The van der Waals surface area contributed by atoms with E-state index in [-0.39, 0.29) is 18.3 Å². The molecule has 3 rings (SSSR count). The van der Waals surface area contributed by atoms with Gasteiger partial charge in [0.1, 0.15) is 12.3 Å². The first-order valence-electron chi connectivity index (χ1n) is 8.67. The Hall–Kier alpha value is -2.73. The Balaban J connectivity index is 1.94. The Morgan fingerprint density at radius 3 is 2.74 bits per heavy atom. The van der Waals surface area contributed by atoms with Crippen molar-refractivity contribution in [1.29, 1.82) is 0 Å². The van der Waals surface area contributed by atoms with Gasteiger partial charge in [0.05, 0.1) is 17.7 Å². The number of fused-ring (bicyclic) bond motifs is 1. The molecule has 1 N–H and O–H groups in total. The van der Waals surface area contributed by atoms with E-state index in [0.717, 1.165) is 10.5 Å². The molecule has 0 bridgehead atoms. The van der Waals surface area contributed by atoms with E-state index >= 15 is 0 Å². The number of esters is 1. The van der Waals surface area contributed by atoms with Crippen LogP contribution in [0.15, 0.2) is 65.2 Å². The van der Waals surface area contributed by atoms with Gasteiger partial charge < -0.3 is 14.8 Å². The Morgan fingerprint density at radius 1 is 1.26 bits per heavy atom. The second-order valence-corrected chi connectivity index (χ2v) is 6.77. The number of carbonyl (C=O) groups excluding carboxylic acids is 2. The van der Waals surface area contributed by atoms with Crippen molar-refractivity contribution in [3.8, 4) is 5.75 Å². The third kappa shape index (κ3) is 4.34. The first-order valence-corrected chi connectivity index (χ1v) is 9.90. The third-order valence-electron chi connectivity index (χ3n) is 4.13. The van der Waals surface area contributed by atoms with E-state index < -0.39 is 6.10 Å². The zero-order chi connectivity index (χ0) is 19.2. The maximum absolute atomic E-state index is 13.2. The lowest BCUT2D eigenvalue weighted by atomic mass is 9.91. The molecular weight excluding hydrogens is 362 g/mol. The highest BCUT2D eigenvalue weighted by Gasteiger charge is 2.33. The van der Waals surface area contributed by atoms with Crippen molar-refractivity contribution < 1.29 is 19.1 Å². The minimum absolute atomic E-state index is 0.0101. The lowest BCUT2D eigenvalue weighted by Crippen LogP contribution is -2.27. The van der Waals surface area contributed by atoms with Crippen LogP contribution in [0, 0.1) is 0 Å². The normalized spacial score (nSPS) is 17.2. The van der Waals surface area contributed by atoms with Gasteiger partial charge in [0, 0.05) is 11.1 Å². The summed E-state index contributed by atoms with van der Waals surface area (Å²) in [7, 11) is 0. The van der Waals surface area contributed by atoms with Crippen LogP contribution in [-0.4, -0.2) is 31.2 Å². The number of rotatable bonds is 6. The van der Waals surface area contributed by atoms with E-state index in [1.807, 2.05) is 54.8 Å². The maximum atomic E-state index is 13.2. The Bertz CT molecular complexity index is 864. The van der Waals surface area contributed by atoms with E-state index in [0.29, 0.717) is 23.5 Å². The molecule has 0 radical (unpaired) electrons. The maximum Gasteiger partial charge on any atom is 0.325 e. The van der Waals surface area contributed by atoms with Gasteiger partial charge in [0.15, 0.2) is 11.9 Å². The number of ketones is 1. The average molecular weight is 383 g/mol. The van der Waals surface area contributed by atoms with Gasteiger partial charge in [-0.15, -0.1) is 11.8 Å². The summed E-state index contributed by atoms with van der Waals surface area (Å²) >= 11 is 1.57. The lowest BCUT2D eigenvalue weighted by molar-refractivity contribution is -0.141. The second kappa shape index (κ2) is 8.77. The van der Waals surface area contributed by atoms with E-state index in [4.69, 9.17) is 9.47 Å². The molecule has 0 aliphatic carbocycles. The van der Waals surface area contributed by atoms with Crippen LogP contribution in [0.4, 0.5) is 0 Å². The van der Waals surface area contributed by atoms with Crippen LogP contribution < -0.4 is 10.1 Å². The summed E-state index contributed by atoms with van der Waals surface area (Å²) in [6.07, 6.45) is 2.98. The van der Waals surface area contributed by atoms with E-state index in [9.17, 15) is 9.59 Å². The molecule has 0 spiro atoms. The Kier molecular flexibility index (Phi) is 6.19. The molecule has 0 saturated carbocycles. The zero-order valence-electron chi connectivity index (χ0n) is 15.2. The fraction of sp³-hybridized carbons (Fsp3) is 0.238. The van der Waals surface area contributed by atoms with Crippen molar-refractivity contribution in [3.05, 3.63) is 71.4 Å². The van der Waals surface area contributed by atoms with Gasteiger partial charge in [-0.1, -0.05) is 30.3 Å². The molecule has 140 valence electrons. The molecular formula is C21H21NO4S. The van der Waals surface area contributed by atoms with Gasteiger partial charge in [0.2, 0.25) is 0 Å². The quantitative estimate of drug-likeness (QED) is 0.465. The minimum atomic E-state index is -0.541. The van der Waals surface area contributed by atoms with Crippen molar-refractivity contribution in [3.63, 3.8) is 0 Å². The molecule has 2 aromatic rings. The van der Waals surface area contributed by atoms with Crippen LogP contribution in [0.2, 0.25) is 0 Å². The molecule has 0 saturated heterocycles. The van der Waals surface area contributed by atoms with Crippen molar-refractivity contribution in [2.45, 2.75) is 17.9 Å². The number of nitrogens with one attached hydrogen (secondary N) is 1. The molecule has 0 fully saturated rings. The van der Waals surface area contributed by atoms with Gasteiger partial charge in [-0.3, -0.25) is 9.59 Å². The zero-order valence-corrected chi connectivity index (χ0v) is 16.0. The molecule has 27 heavy (non-hydrogen) atoms. The van der Waals surface area contributed by atoms with Crippen molar-refractivity contribution in [2.24, 2.45) is 0 Å². The molecule has 2 aromatic carbocycles.